The highest BCUT2D eigenvalue weighted by Crippen LogP contribution is 2.36. The summed E-state index contributed by atoms with van der Waals surface area (Å²) in [5.74, 6) is -1.03. The van der Waals surface area contributed by atoms with Crippen molar-refractivity contribution in [2.24, 2.45) is 0 Å². The lowest BCUT2D eigenvalue weighted by atomic mass is 9.79. The van der Waals surface area contributed by atoms with Gasteiger partial charge in [-0.15, -0.1) is 0 Å². The Bertz CT molecular complexity index is 719. The molecule has 1 aliphatic heterocycles. The Labute approximate surface area is 146 Å². The Hall–Kier alpha value is -1.26. The van der Waals surface area contributed by atoms with E-state index in [0.717, 1.165) is 0 Å². The average molecular weight is 379 g/mol. The molecule has 0 aliphatic carbocycles. The van der Waals surface area contributed by atoms with E-state index in [1.807, 2.05) is 27.7 Å². The number of sulfonamides is 1. The molecule has 0 radical (unpaired) electrons. The van der Waals surface area contributed by atoms with Crippen molar-refractivity contribution in [2.75, 3.05) is 10.5 Å². The van der Waals surface area contributed by atoms with Crippen LogP contribution in [0.5, 0.6) is 0 Å². The third kappa shape index (κ3) is 5.12. The van der Waals surface area contributed by atoms with Crippen molar-refractivity contribution >= 4 is 28.3 Å². The second kappa shape index (κ2) is 6.48. The Balaban J connectivity index is 2.12. The van der Waals surface area contributed by atoms with Crippen LogP contribution in [0, 0.1) is 0 Å². The first-order valence-electron chi connectivity index (χ1n) is 7.74. The van der Waals surface area contributed by atoms with Gasteiger partial charge in [-0.05, 0) is 45.3 Å². The average Bonchev–Trinajstić information content (AvgIpc) is 2.65. The highest BCUT2D eigenvalue weighted by Gasteiger charge is 2.51. The normalized spacial score (nSPS) is 19.9. The summed E-state index contributed by atoms with van der Waals surface area (Å²) in [6.45, 7) is 7.54. The summed E-state index contributed by atoms with van der Waals surface area (Å²) >= 11 is 0. The van der Waals surface area contributed by atoms with Gasteiger partial charge in [0.25, 0.3) is 0 Å². The fourth-order valence-corrected chi connectivity index (χ4v) is 3.30. The van der Waals surface area contributed by atoms with Crippen molar-refractivity contribution in [3.63, 3.8) is 0 Å². The molecule has 1 aliphatic rings. The SMILES string of the molecule is CC1(C)OB(c2cccc(NS(=O)(=O)CCC(F)(F)F)c2)OC1(C)C. The maximum atomic E-state index is 12.2. The zero-order chi connectivity index (χ0) is 19.1. The predicted octanol–water partition coefficient (Wildman–Crippen LogP) is 2.68. The van der Waals surface area contributed by atoms with Gasteiger partial charge in [-0.2, -0.15) is 13.2 Å². The van der Waals surface area contributed by atoms with E-state index in [9.17, 15) is 21.6 Å². The van der Waals surface area contributed by atoms with Crippen molar-refractivity contribution in [1.82, 2.24) is 0 Å². The first kappa shape index (κ1) is 20.1. The van der Waals surface area contributed by atoms with Gasteiger partial charge in [0, 0.05) is 5.69 Å². The molecule has 0 unspecified atom stereocenters. The van der Waals surface area contributed by atoms with Crippen LogP contribution in [-0.4, -0.2) is 38.7 Å². The number of halogens is 3. The Kier molecular flexibility index (Phi) is 5.20. The van der Waals surface area contributed by atoms with Gasteiger partial charge in [0.2, 0.25) is 10.0 Å². The van der Waals surface area contributed by atoms with Crippen LogP contribution >= 0.6 is 0 Å². The van der Waals surface area contributed by atoms with Crippen molar-refractivity contribution in [3.8, 4) is 0 Å². The third-order valence-electron chi connectivity index (χ3n) is 4.34. The molecular weight excluding hydrogens is 358 g/mol. The lowest BCUT2D eigenvalue weighted by Gasteiger charge is -2.32. The number of alkyl halides is 3. The molecule has 1 aromatic rings. The molecule has 1 fully saturated rings. The molecule has 1 N–H and O–H groups in total. The van der Waals surface area contributed by atoms with Crippen molar-refractivity contribution < 1.29 is 30.9 Å². The van der Waals surface area contributed by atoms with E-state index in [0.29, 0.717) is 5.46 Å². The van der Waals surface area contributed by atoms with Crippen LogP contribution in [0.1, 0.15) is 34.1 Å². The molecule has 10 heteroatoms. The van der Waals surface area contributed by atoms with Gasteiger partial charge in [0.05, 0.1) is 23.4 Å². The van der Waals surface area contributed by atoms with Crippen molar-refractivity contribution in [2.45, 2.75) is 51.5 Å². The molecule has 140 valence electrons. The topological polar surface area (TPSA) is 64.6 Å². The molecule has 0 saturated carbocycles. The lowest BCUT2D eigenvalue weighted by Crippen LogP contribution is -2.41. The molecule has 1 heterocycles. The van der Waals surface area contributed by atoms with E-state index < -0.39 is 46.7 Å². The van der Waals surface area contributed by atoms with Crippen LogP contribution in [-0.2, 0) is 19.3 Å². The van der Waals surface area contributed by atoms with E-state index in [1.54, 1.807) is 12.1 Å². The smallest absolute Gasteiger partial charge is 0.399 e. The summed E-state index contributed by atoms with van der Waals surface area (Å²) in [5, 5.41) is 0. The van der Waals surface area contributed by atoms with Crippen LogP contribution in [0.3, 0.4) is 0 Å². The van der Waals surface area contributed by atoms with Crippen LogP contribution < -0.4 is 10.2 Å². The van der Waals surface area contributed by atoms with E-state index >= 15 is 0 Å². The fraction of sp³-hybridized carbons (Fsp3) is 0.600. The first-order chi connectivity index (χ1) is 11.2. The summed E-state index contributed by atoms with van der Waals surface area (Å²) in [5.41, 5.74) is -0.371. The molecule has 1 aromatic carbocycles. The number of hydrogen-bond donors (Lipinski definition) is 1. The highest BCUT2D eigenvalue weighted by molar-refractivity contribution is 7.92. The maximum absolute atomic E-state index is 12.2. The Morgan fingerprint density at radius 1 is 1.12 bits per heavy atom. The maximum Gasteiger partial charge on any atom is 0.494 e. The minimum Gasteiger partial charge on any atom is -0.399 e. The lowest BCUT2D eigenvalue weighted by molar-refractivity contribution is -0.129. The molecule has 5 nitrogen and oxygen atoms in total. The van der Waals surface area contributed by atoms with Gasteiger partial charge < -0.3 is 9.31 Å². The zero-order valence-corrected chi connectivity index (χ0v) is 15.3. The standard InChI is InChI=1S/C15H21BF3NO4S/c1-13(2)14(3,4)24-16(23-13)11-6-5-7-12(10-11)20-25(21,22)9-8-15(17,18)19/h5-7,10,20H,8-9H2,1-4H3. The summed E-state index contributed by atoms with van der Waals surface area (Å²) in [4.78, 5) is 0. The van der Waals surface area contributed by atoms with Crippen molar-refractivity contribution in [1.29, 1.82) is 0 Å². The molecule has 0 aromatic heterocycles. The van der Waals surface area contributed by atoms with Crippen LogP contribution in [0.15, 0.2) is 24.3 Å². The van der Waals surface area contributed by atoms with E-state index in [4.69, 9.17) is 9.31 Å². The second-order valence-electron chi connectivity index (χ2n) is 7.00. The first-order valence-corrected chi connectivity index (χ1v) is 9.39. The molecule has 2 rings (SSSR count). The minimum absolute atomic E-state index is 0.161. The number of nitrogens with one attached hydrogen (secondary N) is 1. The van der Waals surface area contributed by atoms with E-state index in [1.165, 1.54) is 12.1 Å². The minimum atomic E-state index is -4.53. The van der Waals surface area contributed by atoms with Crippen LogP contribution in [0.4, 0.5) is 18.9 Å². The molecule has 0 bridgehead atoms. The molecule has 25 heavy (non-hydrogen) atoms. The zero-order valence-electron chi connectivity index (χ0n) is 14.5. The fourth-order valence-electron chi connectivity index (χ4n) is 2.21. The largest absolute Gasteiger partial charge is 0.494 e. The second-order valence-corrected chi connectivity index (χ2v) is 8.84. The summed E-state index contributed by atoms with van der Waals surface area (Å²) in [6, 6.07) is 6.24. The van der Waals surface area contributed by atoms with Crippen LogP contribution in [0.2, 0.25) is 0 Å². The number of benzene rings is 1. The Morgan fingerprint density at radius 2 is 1.68 bits per heavy atom. The van der Waals surface area contributed by atoms with E-state index in [2.05, 4.69) is 4.72 Å². The molecule has 0 atom stereocenters. The van der Waals surface area contributed by atoms with Gasteiger partial charge in [-0.3, -0.25) is 4.72 Å². The molecule has 0 amide bonds. The Morgan fingerprint density at radius 3 is 2.20 bits per heavy atom. The number of hydrogen-bond acceptors (Lipinski definition) is 4. The number of rotatable bonds is 5. The molecule has 0 spiro atoms. The van der Waals surface area contributed by atoms with Gasteiger partial charge >= 0.3 is 13.3 Å². The third-order valence-corrected chi connectivity index (χ3v) is 5.63. The van der Waals surface area contributed by atoms with Crippen molar-refractivity contribution in [3.05, 3.63) is 24.3 Å². The van der Waals surface area contributed by atoms with Gasteiger partial charge in [0.1, 0.15) is 0 Å². The van der Waals surface area contributed by atoms with Crippen LogP contribution in [0.25, 0.3) is 0 Å². The number of anilines is 1. The quantitative estimate of drug-likeness (QED) is 0.800. The summed E-state index contributed by atoms with van der Waals surface area (Å²) < 4.78 is 74.2. The monoisotopic (exact) mass is 379 g/mol. The summed E-state index contributed by atoms with van der Waals surface area (Å²) in [7, 11) is -4.80. The van der Waals surface area contributed by atoms with E-state index in [-0.39, 0.29) is 5.69 Å². The molecular formula is C15H21BF3NO4S. The summed E-state index contributed by atoms with van der Waals surface area (Å²) in [6.07, 6.45) is -5.93. The molecule has 1 saturated heterocycles. The van der Waals surface area contributed by atoms with Gasteiger partial charge in [0.15, 0.2) is 0 Å². The highest BCUT2D eigenvalue weighted by atomic mass is 32.2. The van der Waals surface area contributed by atoms with Gasteiger partial charge in [-0.25, -0.2) is 8.42 Å². The van der Waals surface area contributed by atoms with Gasteiger partial charge in [-0.1, -0.05) is 12.1 Å². The predicted molar refractivity (Wildman–Crippen MR) is 90.2 cm³/mol.